The quantitative estimate of drug-likeness (QED) is 0.870. The van der Waals surface area contributed by atoms with Gasteiger partial charge in [-0.15, -0.1) is 0 Å². The zero-order valence-corrected chi connectivity index (χ0v) is 11.1. The lowest BCUT2D eigenvalue weighted by Crippen LogP contribution is -2.29. The largest absolute Gasteiger partial charge is 0.491 e. The van der Waals surface area contributed by atoms with Crippen LogP contribution in [-0.4, -0.2) is 35.8 Å². The predicted octanol–water partition coefficient (Wildman–Crippen LogP) is 2.43. The molecule has 1 aromatic carbocycles. The number of hydrogen-bond acceptors (Lipinski definition) is 3. The van der Waals surface area contributed by atoms with Crippen molar-refractivity contribution in [1.82, 2.24) is 4.90 Å². The summed E-state index contributed by atoms with van der Waals surface area (Å²) in [6.07, 6.45) is 3.58. The lowest BCUT2D eigenvalue weighted by Gasteiger charge is -2.26. The minimum absolute atomic E-state index is 0.354. The second kappa shape index (κ2) is 6.76. The number of aliphatic hydroxyl groups excluding tert-OH is 1. The summed E-state index contributed by atoms with van der Waals surface area (Å²) in [6.45, 7) is 5.51. The smallest absolute Gasteiger partial charge is 0.119 e. The number of ether oxygens (including phenoxy) is 1. The Hall–Kier alpha value is -1.06. The van der Waals surface area contributed by atoms with Crippen molar-refractivity contribution in [2.45, 2.75) is 38.8 Å². The summed E-state index contributed by atoms with van der Waals surface area (Å²) in [5.74, 6) is 0.852. The molecule has 2 rings (SSSR count). The van der Waals surface area contributed by atoms with Gasteiger partial charge in [0.05, 0.1) is 6.10 Å². The van der Waals surface area contributed by atoms with Crippen molar-refractivity contribution < 1.29 is 9.84 Å². The maximum atomic E-state index is 9.21. The molecule has 3 heteroatoms. The summed E-state index contributed by atoms with van der Waals surface area (Å²) in [6, 6.07) is 8.19. The Morgan fingerprint density at radius 1 is 1.28 bits per heavy atom. The highest BCUT2D eigenvalue weighted by molar-refractivity contribution is 5.28. The first-order valence-corrected chi connectivity index (χ1v) is 6.86. The number of rotatable bonds is 5. The van der Waals surface area contributed by atoms with Gasteiger partial charge < -0.3 is 9.84 Å². The van der Waals surface area contributed by atoms with Crippen LogP contribution in [0, 0.1) is 0 Å². The number of nitrogens with zero attached hydrogens (tertiary/aromatic N) is 1. The van der Waals surface area contributed by atoms with E-state index >= 15 is 0 Å². The van der Waals surface area contributed by atoms with E-state index in [-0.39, 0.29) is 0 Å². The van der Waals surface area contributed by atoms with E-state index in [1.54, 1.807) is 6.92 Å². The number of piperidine rings is 1. The molecule has 1 saturated heterocycles. The first kappa shape index (κ1) is 13.4. The second-order valence-corrected chi connectivity index (χ2v) is 5.14. The molecule has 0 spiro atoms. The van der Waals surface area contributed by atoms with Crippen LogP contribution in [0.2, 0.25) is 0 Å². The lowest BCUT2D eigenvalue weighted by atomic mass is 10.1. The number of aliphatic hydroxyl groups is 1. The SMILES string of the molecule is CC(O)COc1cccc(CN2CCCCC2)c1. The molecule has 1 atom stereocenters. The average Bonchev–Trinajstić information content (AvgIpc) is 2.38. The first-order chi connectivity index (χ1) is 8.74. The van der Waals surface area contributed by atoms with Gasteiger partial charge in [0.15, 0.2) is 0 Å². The van der Waals surface area contributed by atoms with Crippen LogP contribution < -0.4 is 4.74 Å². The van der Waals surface area contributed by atoms with Crippen LogP contribution >= 0.6 is 0 Å². The molecule has 0 amide bonds. The fourth-order valence-corrected chi connectivity index (χ4v) is 2.33. The second-order valence-electron chi connectivity index (χ2n) is 5.14. The predicted molar refractivity (Wildman–Crippen MR) is 72.7 cm³/mol. The molecule has 3 nitrogen and oxygen atoms in total. The molecule has 1 unspecified atom stereocenters. The molecule has 0 aromatic heterocycles. The molecule has 100 valence electrons. The molecule has 1 aliphatic rings. The Labute approximate surface area is 109 Å². The van der Waals surface area contributed by atoms with Crippen LogP contribution in [0.1, 0.15) is 31.7 Å². The minimum atomic E-state index is -0.421. The third-order valence-corrected chi connectivity index (χ3v) is 3.24. The van der Waals surface area contributed by atoms with Gasteiger partial charge in [-0.3, -0.25) is 4.90 Å². The van der Waals surface area contributed by atoms with E-state index in [2.05, 4.69) is 17.0 Å². The van der Waals surface area contributed by atoms with Crippen LogP contribution in [0.3, 0.4) is 0 Å². The van der Waals surface area contributed by atoms with E-state index in [0.717, 1.165) is 12.3 Å². The highest BCUT2D eigenvalue weighted by Gasteiger charge is 2.10. The van der Waals surface area contributed by atoms with Gasteiger partial charge in [-0.05, 0) is 50.6 Å². The molecule has 18 heavy (non-hydrogen) atoms. The maximum absolute atomic E-state index is 9.21. The zero-order valence-electron chi connectivity index (χ0n) is 11.1. The van der Waals surface area contributed by atoms with Crippen molar-refractivity contribution >= 4 is 0 Å². The molecule has 1 aromatic rings. The Balaban J connectivity index is 1.89. The van der Waals surface area contributed by atoms with E-state index in [1.165, 1.54) is 37.9 Å². The third kappa shape index (κ3) is 4.31. The van der Waals surface area contributed by atoms with Gasteiger partial charge in [-0.25, -0.2) is 0 Å². The van der Waals surface area contributed by atoms with E-state index in [4.69, 9.17) is 4.74 Å². The first-order valence-electron chi connectivity index (χ1n) is 6.86. The summed E-state index contributed by atoms with van der Waals surface area (Å²) in [7, 11) is 0. The average molecular weight is 249 g/mol. The summed E-state index contributed by atoms with van der Waals surface area (Å²) in [4.78, 5) is 2.50. The lowest BCUT2D eigenvalue weighted by molar-refractivity contribution is 0.122. The Kier molecular flexibility index (Phi) is 5.02. The molecular formula is C15H23NO2. The number of likely N-dealkylation sites (tertiary alicyclic amines) is 1. The Morgan fingerprint density at radius 3 is 2.78 bits per heavy atom. The van der Waals surface area contributed by atoms with E-state index in [9.17, 15) is 5.11 Å². The van der Waals surface area contributed by atoms with Crippen LogP contribution in [0.15, 0.2) is 24.3 Å². The molecule has 0 radical (unpaired) electrons. The van der Waals surface area contributed by atoms with Gasteiger partial charge >= 0.3 is 0 Å². The summed E-state index contributed by atoms with van der Waals surface area (Å²) >= 11 is 0. The van der Waals surface area contributed by atoms with Gasteiger partial charge in [-0.2, -0.15) is 0 Å². The molecule has 0 bridgehead atoms. The molecule has 1 fully saturated rings. The van der Waals surface area contributed by atoms with Gasteiger partial charge in [-0.1, -0.05) is 18.6 Å². The van der Waals surface area contributed by atoms with Crippen LogP contribution in [0.4, 0.5) is 0 Å². The normalized spacial score (nSPS) is 18.6. The van der Waals surface area contributed by atoms with Gasteiger partial charge in [0.2, 0.25) is 0 Å². The summed E-state index contributed by atoms with van der Waals surface area (Å²) in [5.41, 5.74) is 1.29. The molecule has 1 aliphatic heterocycles. The molecule has 0 saturated carbocycles. The standard InChI is InChI=1S/C15H23NO2/c1-13(17)12-18-15-7-5-6-14(10-15)11-16-8-3-2-4-9-16/h5-7,10,13,17H,2-4,8-9,11-12H2,1H3. The third-order valence-electron chi connectivity index (χ3n) is 3.24. The summed E-state index contributed by atoms with van der Waals surface area (Å²) < 4.78 is 5.53. The number of benzene rings is 1. The van der Waals surface area contributed by atoms with Gasteiger partial charge in [0.25, 0.3) is 0 Å². The number of hydrogen-bond donors (Lipinski definition) is 1. The highest BCUT2D eigenvalue weighted by Crippen LogP contribution is 2.17. The van der Waals surface area contributed by atoms with Crippen molar-refractivity contribution in [2.24, 2.45) is 0 Å². The van der Waals surface area contributed by atoms with Crippen LogP contribution in [0.25, 0.3) is 0 Å². The highest BCUT2D eigenvalue weighted by atomic mass is 16.5. The maximum Gasteiger partial charge on any atom is 0.119 e. The van der Waals surface area contributed by atoms with Crippen LogP contribution in [0.5, 0.6) is 5.75 Å². The van der Waals surface area contributed by atoms with Crippen molar-refractivity contribution in [2.75, 3.05) is 19.7 Å². The zero-order chi connectivity index (χ0) is 12.8. The molecule has 1 heterocycles. The molecular weight excluding hydrogens is 226 g/mol. The Bertz CT molecular complexity index is 359. The van der Waals surface area contributed by atoms with Gasteiger partial charge in [0.1, 0.15) is 12.4 Å². The van der Waals surface area contributed by atoms with Crippen molar-refractivity contribution in [3.05, 3.63) is 29.8 Å². The van der Waals surface area contributed by atoms with E-state index in [1.807, 2.05) is 12.1 Å². The minimum Gasteiger partial charge on any atom is -0.491 e. The monoisotopic (exact) mass is 249 g/mol. The summed E-state index contributed by atoms with van der Waals surface area (Å²) in [5, 5.41) is 9.21. The molecule has 0 aliphatic carbocycles. The van der Waals surface area contributed by atoms with E-state index < -0.39 is 6.10 Å². The van der Waals surface area contributed by atoms with Gasteiger partial charge in [0, 0.05) is 6.54 Å². The van der Waals surface area contributed by atoms with Crippen molar-refractivity contribution in [3.63, 3.8) is 0 Å². The molecule has 1 N–H and O–H groups in total. The van der Waals surface area contributed by atoms with Crippen LogP contribution in [-0.2, 0) is 6.54 Å². The van der Waals surface area contributed by atoms with E-state index in [0.29, 0.717) is 6.61 Å². The topological polar surface area (TPSA) is 32.7 Å². The fourth-order valence-electron chi connectivity index (χ4n) is 2.33. The fraction of sp³-hybridized carbons (Fsp3) is 0.600. The van der Waals surface area contributed by atoms with Crippen molar-refractivity contribution in [1.29, 1.82) is 0 Å². The Morgan fingerprint density at radius 2 is 2.06 bits per heavy atom. The van der Waals surface area contributed by atoms with Crippen molar-refractivity contribution in [3.8, 4) is 5.75 Å².